The molecule has 2 aliphatic heterocycles. The van der Waals surface area contributed by atoms with Gasteiger partial charge in [0.25, 0.3) is 0 Å². The third-order valence-electron chi connectivity index (χ3n) is 4.35. The molecule has 0 aromatic rings. The Hall–Kier alpha value is -0.120. The van der Waals surface area contributed by atoms with Crippen LogP contribution in [0.5, 0.6) is 0 Å². The molecule has 16 heavy (non-hydrogen) atoms. The first-order chi connectivity index (χ1) is 7.56. The second kappa shape index (κ2) is 3.69. The van der Waals surface area contributed by atoms with E-state index in [0.717, 1.165) is 25.7 Å². The molecule has 2 saturated carbocycles. The highest BCUT2D eigenvalue weighted by Crippen LogP contribution is 2.52. The summed E-state index contributed by atoms with van der Waals surface area (Å²) in [6.07, 6.45) is 5.34. The molecule has 2 heterocycles. The minimum atomic E-state index is -0.548. The van der Waals surface area contributed by atoms with Crippen molar-refractivity contribution in [1.82, 2.24) is 0 Å². The van der Waals surface area contributed by atoms with Gasteiger partial charge in [0.05, 0.1) is 17.8 Å². The van der Waals surface area contributed by atoms with Gasteiger partial charge in [0, 0.05) is 12.3 Å². The first-order valence-corrected chi connectivity index (χ1v) is 6.58. The molecule has 0 aromatic carbocycles. The molecule has 5 unspecified atom stereocenters. The molecular weight excluding hydrogens is 204 g/mol. The number of hydrogen-bond acceptors (Lipinski definition) is 3. The fourth-order valence-corrected chi connectivity index (χ4v) is 4.17. The predicted molar refractivity (Wildman–Crippen MR) is 59.9 cm³/mol. The summed E-state index contributed by atoms with van der Waals surface area (Å²) < 4.78 is 11.9. The summed E-state index contributed by atoms with van der Waals surface area (Å²) in [5, 5.41) is 9.97. The zero-order valence-electron chi connectivity index (χ0n) is 10.2. The van der Waals surface area contributed by atoms with Crippen molar-refractivity contribution >= 4 is 0 Å². The first kappa shape index (κ1) is 11.0. The maximum Gasteiger partial charge on any atom is 0.157 e. The van der Waals surface area contributed by atoms with Gasteiger partial charge in [-0.15, -0.1) is 0 Å². The lowest BCUT2D eigenvalue weighted by molar-refractivity contribution is -0.155. The van der Waals surface area contributed by atoms with E-state index in [0.29, 0.717) is 11.8 Å². The summed E-state index contributed by atoms with van der Waals surface area (Å²) in [6, 6.07) is 0. The highest BCUT2D eigenvalue weighted by atomic mass is 16.6. The molecule has 4 aliphatic rings. The Morgan fingerprint density at radius 3 is 2.81 bits per heavy atom. The van der Waals surface area contributed by atoms with E-state index in [1.54, 1.807) is 0 Å². The Balaban J connectivity index is 1.86. The number of hydrogen-bond donors (Lipinski definition) is 1. The Morgan fingerprint density at radius 2 is 2.06 bits per heavy atom. The topological polar surface area (TPSA) is 38.7 Å². The lowest BCUT2D eigenvalue weighted by Gasteiger charge is -2.47. The summed E-state index contributed by atoms with van der Waals surface area (Å²) in [5.74, 6) is 0.999. The maximum atomic E-state index is 9.97. The number of aliphatic hydroxyl groups is 1. The van der Waals surface area contributed by atoms with Crippen LogP contribution in [0.1, 0.15) is 46.0 Å². The molecule has 2 aliphatic carbocycles. The zero-order chi connectivity index (χ0) is 11.3. The van der Waals surface area contributed by atoms with Crippen LogP contribution in [0.15, 0.2) is 0 Å². The van der Waals surface area contributed by atoms with Crippen molar-refractivity contribution < 1.29 is 14.6 Å². The lowest BCUT2D eigenvalue weighted by Crippen LogP contribution is -2.48. The standard InChI is InChI=1S/C13H22O3/c1-8(2)16-13-5-9-3-10(6-13)12(14)15-11(4-9)7-13/h8-12,14H,3-7H2,1-2H3. The molecule has 92 valence electrons. The molecule has 0 amide bonds. The number of aliphatic hydroxyl groups excluding tert-OH is 1. The van der Waals surface area contributed by atoms with Crippen molar-refractivity contribution in [2.75, 3.05) is 0 Å². The van der Waals surface area contributed by atoms with Crippen molar-refractivity contribution in [2.45, 2.75) is 70.1 Å². The molecule has 5 atom stereocenters. The Morgan fingerprint density at radius 1 is 1.25 bits per heavy atom. The second-order valence-electron chi connectivity index (χ2n) is 6.21. The molecule has 4 fully saturated rings. The third kappa shape index (κ3) is 1.79. The van der Waals surface area contributed by atoms with E-state index in [4.69, 9.17) is 9.47 Å². The highest BCUT2D eigenvalue weighted by Gasteiger charge is 2.52. The van der Waals surface area contributed by atoms with Crippen LogP contribution in [0.4, 0.5) is 0 Å². The summed E-state index contributed by atoms with van der Waals surface area (Å²) in [4.78, 5) is 0. The van der Waals surface area contributed by atoms with Gasteiger partial charge in [0.15, 0.2) is 6.29 Å². The average molecular weight is 226 g/mol. The van der Waals surface area contributed by atoms with Crippen molar-refractivity contribution in [3.63, 3.8) is 0 Å². The second-order valence-corrected chi connectivity index (χ2v) is 6.21. The highest BCUT2D eigenvalue weighted by molar-refractivity contribution is 5.01. The van der Waals surface area contributed by atoms with Gasteiger partial charge < -0.3 is 14.6 Å². The lowest BCUT2D eigenvalue weighted by atomic mass is 9.65. The maximum absolute atomic E-state index is 9.97. The number of fused-ring (bicyclic) bond motifs is 1. The quantitative estimate of drug-likeness (QED) is 0.783. The minimum absolute atomic E-state index is 0.00213. The normalized spacial score (nSPS) is 51.0. The molecule has 0 radical (unpaired) electrons. The van der Waals surface area contributed by atoms with Gasteiger partial charge in [-0.25, -0.2) is 0 Å². The Labute approximate surface area is 97.1 Å². The van der Waals surface area contributed by atoms with Gasteiger partial charge in [0.2, 0.25) is 0 Å². The van der Waals surface area contributed by atoms with Crippen LogP contribution >= 0.6 is 0 Å². The van der Waals surface area contributed by atoms with Gasteiger partial charge in [-0.1, -0.05) is 0 Å². The first-order valence-electron chi connectivity index (χ1n) is 6.58. The molecule has 0 spiro atoms. The smallest absolute Gasteiger partial charge is 0.157 e. The van der Waals surface area contributed by atoms with Crippen LogP contribution in [-0.2, 0) is 9.47 Å². The van der Waals surface area contributed by atoms with Crippen LogP contribution < -0.4 is 0 Å². The van der Waals surface area contributed by atoms with Crippen molar-refractivity contribution in [2.24, 2.45) is 11.8 Å². The Kier molecular flexibility index (Phi) is 2.54. The Bertz CT molecular complexity index is 274. The SMILES string of the molecule is CC(C)OC12CC3CC(C1)OC(O)C(C3)C2. The number of rotatable bonds is 2. The fourth-order valence-electron chi connectivity index (χ4n) is 4.17. The predicted octanol–water partition coefficient (Wildman–Crippen LogP) is 2.08. The monoisotopic (exact) mass is 226 g/mol. The van der Waals surface area contributed by atoms with Crippen LogP contribution in [0.3, 0.4) is 0 Å². The van der Waals surface area contributed by atoms with Crippen LogP contribution in [0.25, 0.3) is 0 Å². The summed E-state index contributed by atoms with van der Waals surface area (Å²) in [5.41, 5.74) is 0.00213. The van der Waals surface area contributed by atoms with Gasteiger partial charge >= 0.3 is 0 Å². The molecule has 3 heteroatoms. The van der Waals surface area contributed by atoms with E-state index in [1.165, 1.54) is 6.42 Å². The summed E-state index contributed by atoms with van der Waals surface area (Å²) in [7, 11) is 0. The van der Waals surface area contributed by atoms with Crippen LogP contribution in [0, 0.1) is 11.8 Å². The molecule has 3 nitrogen and oxygen atoms in total. The largest absolute Gasteiger partial charge is 0.372 e. The van der Waals surface area contributed by atoms with Gasteiger partial charge in [-0.05, 0) is 45.4 Å². The molecular formula is C13H22O3. The van der Waals surface area contributed by atoms with E-state index in [2.05, 4.69) is 13.8 Å². The average Bonchev–Trinajstić information content (AvgIpc) is 2.27. The third-order valence-corrected chi connectivity index (χ3v) is 4.35. The summed E-state index contributed by atoms with van der Waals surface area (Å²) in [6.45, 7) is 4.21. The molecule has 4 bridgehead atoms. The van der Waals surface area contributed by atoms with Crippen LogP contribution in [-0.4, -0.2) is 29.2 Å². The molecule has 4 rings (SSSR count). The van der Waals surface area contributed by atoms with E-state index in [1.807, 2.05) is 0 Å². The van der Waals surface area contributed by atoms with Gasteiger partial charge in [0.1, 0.15) is 0 Å². The van der Waals surface area contributed by atoms with Gasteiger partial charge in [-0.3, -0.25) is 0 Å². The fraction of sp³-hybridized carbons (Fsp3) is 1.00. The van der Waals surface area contributed by atoms with Crippen molar-refractivity contribution in [1.29, 1.82) is 0 Å². The van der Waals surface area contributed by atoms with Crippen molar-refractivity contribution in [3.05, 3.63) is 0 Å². The van der Waals surface area contributed by atoms with E-state index in [9.17, 15) is 5.11 Å². The van der Waals surface area contributed by atoms with E-state index < -0.39 is 6.29 Å². The zero-order valence-corrected chi connectivity index (χ0v) is 10.2. The van der Waals surface area contributed by atoms with Crippen LogP contribution in [0.2, 0.25) is 0 Å². The van der Waals surface area contributed by atoms with Gasteiger partial charge in [-0.2, -0.15) is 0 Å². The van der Waals surface area contributed by atoms with E-state index >= 15 is 0 Å². The minimum Gasteiger partial charge on any atom is -0.372 e. The molecule has 2 saturated heterocycles. The molecule has 0 aromatic heterocycles. The van der Waals surface area contributed by atoms with E-state index in [-0.39, 0.29) is 17.8 Å². The van der Waals surface area contributed by atoms with Crippen molar-refractivity contribution in [3.8, 4) is 0 Å². The summed E-state index contributed by atoms with van der Waals surface area (Å²) >= 11 is 0. The molecule has 1 N–H and O–H groups in total. The number of ether oxygens (including phenoxy) is 2.